The van der Waals surface area contributed by atoms with Crippen LogP contribution in [0.3, 0.4) is 0 Å². The third kappa shape index (κ3) is 2.21. The van der Waals surface area contributed by atoms with Gasteiger partial charge in [0, 0.05) is 12.4 Å². The smallest absolute Gasteiger partial charge is 0.363 e. The van der Waals surface area contributed by atoms with Gasteiger partial charge in [-0.25, -0.2) is 0 Å². The summed E-state index contributed by atoms with van der Waals surface area (Å²) in [4.78, 5) is 15.8. The number of hydrogen-bond acceptors (Lipinski definition) is 8. The number of nitro groups is 1. The van der Waals surface area contributed by atoms with Crippen molar-refractivity contribution < 1.29 is 9.34 Å². The van der Waals surface area contributed by atoms with Crippen LogP contribution in [-0.4, -0.2) is 29.1 Å². The summed E-state index contributed by atoms with van der Waals surface area (Å²) in [6.07, 6.45) is 3.17. The lowest BCUT2D eigenvalue weighted by Crippen LogP contribution is -1.96. The van der Waals surface area contributed by atoms with Crippen LogP contribution in [-0.2, 0) is 7.05 Å². The first-order valence-electron chi connectivity index (χ1n) is 6.36. The van der Waals surface area contributed by atoms with Crippen LogP contribution in [0.15, 0.2) is 44.6 Å². The minimum absolute atomic E-state index is 0.0752. The van der Waals surface area contributed by atoms with E-state index in [2.05, 4.69) is 15.2 Å². The Kier molecular flexibility index (Phi) is 3.16. The molecule has 0 spiro atoms. The predicted octanol–water partition coefficient (Wildman–Crippen LogP) is 2.84. The van der Waals surface area contributed by atoms with Gasteiger partial charge in [-0.3, -0.25) is 0 Å². The van der Waals surface area contributed by atoms with E-state index in [9.17, 15) is 10.1 Å². The fourth-order valence-corrected chi connectivity index (χ4v) is 3.74. The molecule has 0 saturated carbocycles. The van der Waals surface area contributed by atoms with Crippen molar-refractivity contribution in [1.29, 1.82) is 0 Å². The highest BCUT2D eigenvalue weighted by atomic mass is 32.2. The van der Waals surface area contributed by atoms with Gasteiger partial charge in [-0.15, -0.1) is 10.2 Å². The summed E-state index contributed by atoms with van der Waals surface area (Å²) in [6, 6.07) is 3.53. The SMILES string of the molecule is Cn1c(Sc2nc3sccn3c2[N+](=O)[O-])nnc1-c1ccco1. The maximum absolute atomic E-state index is 11.3. The lowest BCUT2D eigenvalue weighted by atomic mass is 10.4. The minimum Gasteiger partial charge on any atom is -0.461 e. The fourth-order valence-electron chi connectivity index (χ4n) is 2.10. The number of hydrogen-bond donors (Lipinski definition) is 0. The summed E-state index contributed by atoms with van der Waals surface area (Å²) >= 11 is 2.43. The van der Waals surface area contributed by atoms with E-state index >= 15 is 0 Å². The van der Waals surface area contributed by atoms with Crippen molar-refractivity contribution in [2.24, 2.45) is 7.05 Å². The third-order valence-electron chi connectivity index (χ3n) is 3.14. The van der Waals surface area contributed by atoms with E-state index in [-0.39, 0.29) is 10.8 Å². The number of thiazole rings is 1. The zero-order valence-electron chi connectivity index (χ0n) is 11.6. The molecule has 0 N–H and O–H groups in total. The molecule has 0 aliphatic rings. The molecule has 11 heteroatoms. The van der Waals surface area contributed by atoms with E-state index in [1.807, 2.05) is 0 Å². The first kappa shape index (κ1) is 14.0. The molecule has 0 amide bonds. The molecule has 0 fully saturated rings. The largest absolute Gasteiger partial charge is 0.461 e. The second kappa shape index (κ2) is 5.21. The Morgan fingerprint density at radius 2 is 2.30 bits per heavy atom. The summed E-state index contributed by atoms with van der Waals surface area (Å²) in [6.45, 7) is 0. The molecule has 23 heavy (non-hydrogen) atoms. The first-order chi connectivity index (χ1) is 11.1. The van der Waals surface area contributed by atoms with Crippen molar-refractivity contribution in [3.63, 3.8) is 0 Å². The van der Waals surface area contributed by atoms with Gasteiger partial charge < -0.3 is 19.1 Å². The zero-order valence-corrected chi connectivity index (χ0v) is 13.2. The molecule has 4 aromatic heterocycles. The number of fused-ring (bicyclic) bond motifs is 1. The van der Waals surface area contributed by atoms with Gasteiger partial charge in [0.2, 0.25) is 5.03 Å². The van der Waals surface area contributed by atoms with Gasteiger partial charge in [0.15, 0.2) is 16.7 Å². The quantitative estimate of drug-likeness (QED) is 0.412. The van der Waals surface area contributed by atoms with Gasteiger partial charge in [-0.05, 0) is 28.8 Å². The van der Waals surface area contributed by atoms with E-state index in [4.69, 9.17) is 4.42 Å². The standard InChI is InChI=1S/C12H8N6O3S2/c1-16-8(7-3-2-5-21-7)14-15-12(16)23-9-10(18(19)20)17-4-6-22-11(17)13-9/h2-6H,1H3. The molecule has 0 saturated heterocycles. The molecule has 116 valence electrons. The second-order valence-electron chi connectivity index (χ2n) is 4.50. The molecule has 4 rings (SSSR count). The molecular formula is C12H8N6O3S2. The molecule has 0 bridgehead atoms. The molecule has 0 aliphatic heterocycles. The van der Waals surface area contributed by atoms with E-state index in [0.29, 0.717) is 21.7 Å². The average molecular weight is 348 g/mol. The molecule has 0 aliphatic carbocycles. The average Bonchev–Trinajstić information content (AvgIpc) is 3.24. The number of furan rings is 1. The van der Waals surface area contributed by atoms with E-state index < -0.39 is 4.92 Å². The number of rotatable bonds is 4. The number of nitrogens with zero attached hydrogens (tertiary/aromatic N) is 6. The lowest BCUT2D eigenvalue weighted by molar-refractivity contribution is -0.393. The summed E-state index contributed by atoms with van der Waals surface area (Å²) < 4.78 is 8.47. The Labute approximate surface area is 136 Å². The van der Waals surface area contributed by atoms with Crippen LogP contribution in [0.1, 0.15) is 0 Å². The first-order valence-corrected chi connectivity index (χ1v) is 8.06. The molecule has 0 radical (unpaired) electrons. The van der Waals surface area contributed by atoms with E-state index in [1.165, 1.54) is 15.7 Å². The second-order valence-corrected chi connectivity index (χ2v) is 6.33. The van der Waals surface area contributed by atoms with Gasteiger partial charge >= 0.3 is 5.82 Å². The van der Waals surface area contributed by atoms with Crippen molar-refractivity contribution >= 4 is 33.9 Å². The Balaban J connectivity index is 1.76. The number of aromatic nitrogens is 5. The molecule has 9 nitrogen and oxygen atoms in total. The van der Waals surface area contributed by atoms with Crippen molar-refractivity contribution in [3.8, 4) is 11.6 Å². The Hall–Kier alpha value is -2.66. The molecule has 4 heterocycles. The van der Waals surface area contributed by atoms with Gasteiger partial charge in [0.1, 0.15) is 6.20 Å². The highest BCUT2D eigenvalue weighted by molar-refractivity contribution is 7.99. The molecule has 0 aromatic carbocycles. The Morgan fingerprint density at radius 1 is 1.43 bits per heavy atom. The molecular weight excluding hydrogens is 340 g/mol. The molecule has 4 aromatic rings. The van der Waals surface area contributed by atoms with E-state index in [0.717, 1.165) is 11.8 Å². The maximum Gasteiger partial charge on any atom is 0.363 e. The lowest BCUT2D eigenvalue weighted by Gasteiger charge is -2.00. The summed E-state index contributed by atoms with van der Waals surface area (Å²) in [7, 11) is 1.77. The minimum atomic E-state index is -0.446. The summed E-state index contributed by atoms with van der Waals surface area (Å²) in [5.74, 6) is 1.04. The van der Waals surface area contributed by atoms with Crippen molar-refractivity contribution in [2.75, 3.05) is 0 Å². The van der Waals surface area contributed by atoms with Crippen LogP contribution in [0, 0.1) is 10.1 Å². The topological polar surface area (TPSA) is 104 Å². The molecule has 0 atom stereocenters. The number of imidazole rings is 1. The van der Waals surface area contributed by atoms with Gasteiger partial charge in [-0.2, -0.15) is 9.38 Å². The van der Waals surface area contributed by atoms with Crippen molar-refractivity contribution in [2.45, 2.75) is 10.2 Å². The van der Waals surface area contributed by atoms with Gasteiger partial charge in [0.25, 0.3) is 4.96 Å². The monoisotopic (exact) mass is 348 g/mol. The van der Waals surface area contributed by atoms with Crippen molar-refractivity contribution in [1.82, 2.24) is 24.1 Å². The van der Waals surface area contributed by atoms with Crippen LogP contribution >= 0.6 is 23.1 Å². The summed E-state index contributed by atoms with van der Waals surface area (Å²) in [5, 5.41) is 22.0. The highest BCUT2D eigenvalue weighted by Gasteiger charge is 2.26. The van der Waals surface area contributed by atoms with Crippen LogP contribution in [0.25, 0.3) is 16.5 Å². The van der Waals surface area contributed by atoms with Gasteiger partial charge in [0.05, 0.1) is 6.26 Å². The predicted molar refractivity (Wildman–Crippen MR) is 82.6 cm³/mol. The molecule has 0 unspecified atom stereocenters. The van der Waals surface area contributed by atoms with E-state index in [1.54, 1.807) is 41.6 Å². The Morgan fingerprint density at radius 3 is 3.04 bits per heavy atom. The van der Waals surface area contributed by atoms with Crippen LogP contribution in [0.2, 0.25) is 0 Å². The maximum atomic E-state index is 11.3. The highest BCUT2D eigenvalue weighted by Crippen LogP contribution is 2.36. The third-order valence-corrected chi connectivity index (χ3v) is 4.91. The van der Waals surface area contributed by atoms with Crippen LogP contribution in [0.4, 0.5) is 5.82 Å². The summed E-state index contributed by atoms with van der Waals surface area (Å²) in [5.41, 5.74) is 0. The fraction of sp³-hybridized carbons (Fsp3) is 0.0833. The zero-order chi connectivity index (χ0) is 16.0. The Bertz CT molecular complexity index is 1000. The van der Waals surface area contributed by atoms with Crippen LogP contribution < -0.4 is 0 Å². The van der Waals surface area contributed by atoms with Crippen LogP contribution in [0.5, 0.6) is 0 Å². The van der Waals surface area contributed by atoms with Gasteiger partial charge in [-0.1, -0.05) is 11.3 Å². The normalized spacial score (nSPS) is 11.3. The van der Waals surface area contributed by atoms with Crippen molar-refractivity contribution in [3.05, 3.63) is 40.1 Å².